The summed E-state index contributed by atoms with van der Waals surface area (Å²) in [7, 11) is 2.05. The SMILES string of the molecule is CNC(Cc1ccsc1)C(C)c1ccccc1. The fourth-order valence-corrected chi connectivity index (χ4v) is 2.86. The van der Waals surface area contributed by atoms with Crippen LogP contribution in [0.4, 0.5) is 0 Å². The Balaban J connectivity index is 2.08. The Morgan fingerprint density at radius 1 is 1.18 bits per heavy atom. The zero-order valence-electron chi connectivity index (χ0n) is 10.4. The first-order chi connectivity index (χ1) is 8.31. The van der Waals surface area contributed by atoms with Gasteiger partial charge in [-0.25, -0.2) is 0 Å². The third-order valence-electron chi connectivity index (χ3n) is 3.34. The van der Waals surface area contributed by atoms with Crippen molar-refractivity contribution < 1.29 is 0 Å². The minimum atomic E-state index is 0.493. The molecule has 2 atom stereocenters. The summed E-state index contributed by atoms with van der Waals surface area (Å²) in [6, 6.07) is 13.4. The van der Waals surface area contributed by atoms with E-state index in [-0.39, 0.29) is 0 Å². The fraction of sp³-hybridized carbons (Fsp3) is 0.333. The van der Waals surface area contributed by atoms with Gasteiger partial charge in [0.2, 0.25) is 0 Å². The summed E-state index contributed by atoms with van der Waals surface area (Å²) in [5.41, 5.74) is 2.83. The van der Waals surface area contributed by atoms with E-state index in [0.29, 0.717) is 12.0 Å². The first-order valence-electron chi connectivity index (χ1n) is 6.04. The average Bonchev–Trinajstić information content (AvgIpc) is 2.89. The van der Waals surface area contributed by atoms with E-state index in [4.69, 9.17) is 0 Å². The highest BCUT2D eigenvalue weighted by atomic mass is 32.1. The Labute approximate surface area is 108 Å². The summed E-state index contributed by atoms with van der Waals surface area (Å²) in [6.45, 7) is 2.29. The topological polar surface area (TPSA) is 12.0 Å². The van der Waals surface area contributed by atoms with Gasteiger partial charge in [-0.05, 0) is 47.3 Å². The van der Waals surface area contributed by atoms with Crippen molar-refractivity contribution in [2.75, 3.05) is 7.05 Å². The van der Waals surface area contributed by atoms with Gasteiger partial charge in [-0.1, -0.05) is 37.3 Å². The van der Waals surface area contributed by atoms with Gasteiger partial charge in [-0.2, -0.15) is 11.3 Å². The maximum Gasteiger partial charge on any atom is 0.0171 e. The highest BCUT2D eigenvalue weighted by Gasteiger charge is 2.17. The Morgan fingerprint density at radius 2 is 1.94 bits per heavy atom. The molecule has 90 valence electrons. The Morgan fingerprint density at radius 3 is 2.53 bits per heavy atom. The molecule has 1 heterocycles. The van der Waals surface area contributed by atoms with Crippen molar-refractivity contribution in [3.63, 3.8) is 0 Å². The predicted octanol–water partition coefficient (Wildman–Crippen LogP) is 3.68. The van der Waals surface area contributed by atoms with E-state index >= 15 is 0 Å². The van der Waals surface area contributed by atoms with Gasteiger partial charge in [0, 0.05) is 6.04 Å². The summed E-state index contributed by atoms with van der Waals surface area (Å²) < 4.78 is 0. The molecule has 2 rings (SSSR count). The lowest BCUT2D eigenvalue weighted by atomic mass is 9.90. The number of likely N-dealkylation sites (N-methyl/N-ethyl adjacent to an activating group) is 1. The molecular formula is C15H19NS. The minimum absolute atomic E-state index is 0.493. The highest BCUT2D eigenvalue weighted by molar-refractivity contribution is 7.07. The van der Waals surface area contributed by atoms with Crippen LogP contribution in [0.1, 0.15) is 24.0 Å². The molecule has 0 spiro atoms. The number of hydrogen-bond donors (Lipinski definition) is 1. The molecule has 1 aromatic heterocycles. The third kappa shape index (κ3) is 3.18. The largest absolute Gasteiger partial charge is 0.316 e. The van der Waals surface area contributed by atoms with Gasteiger partial charge in [-0.3, -0.25) is 0 Å². The maximum atomic E-state index is 3.44. The molecule has 0 saturated carbocycles. The summed E-state index contributed by atoms with van der Waals surface area (Å²) in [5.74, 6) is 0.529. The maximum absolute atomic E-state index is 3.44. The molecule has 0 radical (unpaired) electrons. The summed E-state index contributed by atoms with van der Waals surface area (Å²) >= 11 is 1.77. The molecule has 0 amide bonds. The molecule has 0 aliphatic carbocycles. The van der Waals surface area contributed by atoms with E-state index in [1.807, 2.05) is 0 Å². The lowest BCUT2D eigenvalue weighted by Gasteiger charge is -2.23. The third-order valence-corrected chi connectivity index (χ3v) is 4.07. The standard InChI is InChI=1S/C15H19NS/c1-12(14-6-4-3-5-7-14)15(16-2)10-13-8-9-17-11-13/h3-9,11-12,15-16H,10H2,1-2H3. The van der Waals surface area contributed by atoms with Crippen molar-refractivity contribution in [3.8, 4) is 0 Å². The highest BCUT2D eigenvalue weighted by Crippen LogP contribution is 2.22. The van der Waals surface area contributed by atoms with Gasteiger partial charge in [0.25, 0.3) is 0 Å². The molecular weight excluding hydrogens is 226 g/mol. The van der Waals surface area contributed by atoms with Crippen LogP contribution < -0.4 is 5.32 Å². The molecule has 1 aromatic carbocycles. The molecule has 0 bridgehead atoms. The van der Waals surface area contributed by atoms with E-state index in [2.05, 4.69) is 66.4 Å². The van der Waals surface area contributed by atoms with Crippen LogP contribution in [0.5, 0.6) is 0 Å². The zero-order valence-corrected chi connectivity index (χ0v) is 11.2. The number of nitrogens with one attached hydrogen (secondary N) is 1. The number of thiophene rings is 1. The second-order valence-electron chi connectivity index (χ2n) is 4.43. The molecule has 1 nitrogen and oxygen atoms in total. The Hall–Kier alpha value is -1.12. The summed E-state index contributed by atoms with van der Waals surface area (Å²) in [6.07, 6.45) is 1.09. The van der Waals surface area contributed by atoms with E-state index in [1.165, 1.54) is 11.1 Å². The zero-order chi connectivity index (χ0) is 12.1. The Bertz CT molecular complexity index is 421. The van der Waals surface area contributed by atoms with E-state index < -0.39 is 0 Å². The van der Waals surface area contributed by atoms with Crippen molar-refractivity contribution in [1.29, 1.82) is 0 Å². The first-order valence-corrected chi connectivity index (χ1v) is 6.99. The number of benzene rings is 1. The van der Waals surface area contributed by atoms with Gasteiger partial charge in [-0.15, -0.1) is 0 Å². The van der Waals surface area contributed by atoms with Crippen molar-refractivity contribution >= 4 is 11.3 Å². The van der Waals surface area contributed by atoms with E-state index in [1.54, 1.807) is 11.3 Å². The van der Waals surface area contributed by atoms with Crippen LogP contribution in [0.25, 0.3) is 0 Å². The normalized spacial score (nSPS) is 14.5. The molecule has 2 heteroatoms. The molecule has 1 N–H and O–H groups in total. The van der Waals surface area contributed by atoms with Gasteiger partial charge < -0.3 is 5.32 Å². The summed E-state index contributed by atoms with van der Waals surface area (Å²) in [5, 5.41) is 7.83. The second-order valence-corrected chi connectivity index (χ2v) is 5.21. The molecule has 0 saturated heterocycles. The van der Waals surface area contributed by atoms with Crippen molar-refractivity contribution in [1.82, 2.24) is 5.32 Å². The predicted molar refractivity (Wildman–Crippen MR) is 75.7 cm³/mol. The molecule has 0 fully saturated rings. The quantitative estimate of drug-likeness (QED) is 0.847. The lowest BCUT2D eigenvalue weighted by Crippen LogP contribution is -2.32. The molecule has 0 aliphatic heterocycles. The number of hydrogen-bond acceptors (Lipinski definition) is 2. The fourth-order valence-electron chi connectivity index (χ4n) is 2.18. The smallest absolute Gasteiger partial charge is 0.0171 e. The van der Waals surface area contributed by atoms with E-state index in [9.17, 15) is 0 Å². The monoisotopic (exact) mass is 245 g/mol. The molecule has 2 aromatic rings. The molecule has 17 heavy (non-hydrogen) atoms. The van der Waals surface area contributed by atoms with Gasteiger partial charge in [0.15, 0.2) is 0 Å². The van der Waals surface area contributed by atoms with Crippen LogP contribution in [0.3, 0.4) is 0 Å². The van der Waals surface area contributed by atoms with Crippen LogP contribution in [-0.4, -0.2) is 13.1 Å². The van der Waals surface area contributed by atoms with Crippen LogP contribution in [0.15, 0.2) is 47.2 Å². The minimum Gasteiger partial charge on any atom is -0.316 e. The second kappa shape index (κ2) is 5.99. The molecule has 0 aliphatic rings. The van der Waals surface area contributed by atoms with Crippen molar-refractivity contribution in [2.45, 2.75) is 25.3 Å². The van der Waals surface area contributed by atoms with Gasteiger partial charge in [0.05, 0.1) is 0 Å². The van der Waals surface area contributed by atoms with E-state index in [0.717, 1.165) is 6.42 Å². The van der Waals surface area contributed by atoms with Crippen LogP contribution in [0, 0.1) is 0 Å². The number of rotatable bonds is 5. The van der Waals surface area contributed by atoms with Crippen LogP contribution in [-0.2, 0) is 6.42 Å². The summed E-state index contributed by atoms with van der Waals surface area (Å²) in [4.78, 5) is 0. The average molecular weight is 245 g/mol. The first kappa shape index (κ1) is 12.3. The lowest BCUT2D eigenvalue weighted by molar-refractivity contribution is 0.483. The van der Waals surface area contributed by atoms with Crippen LogP contribution >= 0.6 is 11.3 Å². The van der Waals surface area contributed by atoms with Crippen molar-refractivity contribution in [3.05, 3.63) is 58.3 Å². The van der Waals surface area contributed by atoms with Gasteiger partial charge in [0.1, 0.15) is 0 Å². The molecule has 2 unspecified atom stereocenters. The van der Waals surface area contributed by atoms with Gasteiger partial charge >= 0.3 is 0 Å². The van der Waals surface area contributed by atoms with Crippen LogP contribution in [0.2, 0.25) is 0 Å². The Kier molecular flexibility index (Phi) is 4.35. The van der Waals surface area contributed by atoms with Crippen molar-refractivity contribution in [2.24, 2.45) is 0 Å².